The van der Waals surface area contributed by atoms with Crippen molar-refractivity contribution in [2.75, 3.05) is 5.32 Å². The lowest BCUT2D eigenvalue weighted by molar-refractivity contribution is -0.115. The van der Waals surface area contributed by atoms with Crippen LogP contribution in [0, 0.1) is 0 Å². The topological polar surface area (TPSA) is 54.9 Å². The van der Waals surface area contributed by atoms with Gasteiger partial charge in [-0.05, 0) is 12.1 Å². The lowest BCUT2D eigenvalue weighted by Crippen LogP contribution is -2.12. The van der Waals surface area contributed by atoms with Crippen molar-refractivity contribution in [1.29, 1.82) is 0 Å². The number of amides is 1. The fourth-order valence-electron chi connectivity index (χ4n) is 1.37. The van der Waals surface area contributed by atoms with Crippen molar-refractivity contribution in [3.05, 3.63) is 42.1 Å². The molecule has 0 fully saturated rings. The zero-order valence-electron chi connectivity index (χ0n) is 8.98. The van der Waals surface area contributed by atoms with E-state index in [9.17, 15) is 4.79 Å². The second kappa shape index (κ2) is 4.93. The average molecular weight is 248 g/mol. The quantitative estimate of drug-likeness (QED) is 0.849. The third kappa shape index (κ3) is 2.60. The van der Waals surface area contributed by atoms with Crippen LogP contribution in [0.15, 0.2) is 36.9 Å². The molecule has 86 valence electrons. The van der Waals surface area contributed by atoms with Crippen molar-refractivity contribution in [2.24, 2.45) is 0 Å². The van der Waals surface area contributed by atoms with Gasteiger partial charge in [0.2, 0.25) is 5.91 Å². The maximum atomic E-state index is 11.4. The third-order valence-electron chi connectivity index (χ3n) is 2.12. The zero-order valence-corrected chi connectivity index (χ0v) is 9.74. The van der Waals surface area contributed by atoms with Gasteiger partial charge < -0.3 is 5.32 Å². The minimum absolute atomic E-state index is 0.182. The van der Waals surface area contributed by atoms with Gasteiger partial charge >= 0.3 is 0 Å². The summed E-state index contributed by atoms with van der Waals surface area (Å²) in [7, 11) is 0. The van der Waals surface area contributed by atoms with Crippen molar-refractivity contribution in [3.63, 3.8) is 0 Å². The summed E-state index contributed by atoms with van der Waals surface area (Å²) in [6, 6.07) is 7.31. The number of rotatable bonds is 3. The molecule has 5 heteroatoms. The van der Waals surface area contributed by atoms with Gasteiger partial charge in [0.15, 0.2) is 11.0 Å². The number of para-hydroxylation sites is 2. The SMILES string of the molecule is C=CCC(=O)Nc1nc2ccccc2nc1Cl. The summed E-state index contributed by atoms with van der Waals surface area (Å²) < 4.78 is 0. The normalized spacial score (nSPS) is 10.2. The van der Waals surface area contributed by atoms with Crippen molar-refractivity contribution in [2.45, 2.75) is 6.42 Å². The number of aromatic nitrogens is 2. The number of nitrogens with zero attached hydrogens (tertiary/aromatic N) is 2. The van der Waals surface area contributed by atoms with Gasteiger partial charge in [0.05, 0.1) is 11.0 Å². The summed E-state index contributed by atoms with van der Waals surface area (Å²) in [6.07, 6.45) is 1.72. The smallest absolute Gasteiger partial charge is 0.229 e. The van der Waals surface area contributed by atoms with Crippen LogP contribution in [0.4, 0.5) is 5.82 Å². The van der Waals surface area contributed by atoms with Gasteiger partial charge in [-0.2, -0.15) is 0 Å². The lowest BCUT2D eigenvalue weighted by atomic mass is 10.3. The van der Waals surface area contributed by atoms with Gasteiger partial charge in [-0.3, -0.25) is 4.79 Å². The first-order valence-corrected chi connectivity index (χ1v) is 5.41. The molecule has 0 bridgehead atoms. The van der Waals surface area contributed by atoms with Gasteiger partial charge in [0.25, 0.3) is 0 Å². The van der Waals surface area contributed by atoms with E-state index in [1.54, 1.807) is 0 Å². The van der Waals surface area contributed by atoms with Crippen LogP contribution < -0.4 is 5.32 Å². The maximum Gasteiger partial charge on any atom is 0.229 e. The average Bonchev–Trinajstić information content (AvgIpc) is 2.30. The Labute approximate surface area is 103 Å². The Hall–Kier alpha value is -1.94. The predicted octanol–water partition coefficient (Wildman–Crippen LogP) is 2.80. The molecule has 0 aliphatic rings. The number of nitrogens with one attached hydrogen (secondary N) is 1. The molecule has 4 nitrogen and oxygen atoms in total. The van der Waals surface area contributed by atoms with Crippen LogP contribution in [-0.2, 0) is 4.79 Å². The Morgan fingerprint density at radius 2 is 2.00 bits per heavy atom. The number of hydrogen-bond donors (Lipinski definition) is 1. The van der Waals surface area contributed by atoms with Crippen LogP contribution in [0.5, 0.6) is 0 Å². The number of carbonyl (C=O) groups is 1. The maximum absolute atomic E-state index is 11.4. The fraction of sp³-hybridized carbons (Fsp3) is 0.0833. The molecular formula is C12H10ClN3O. The first kappa shape index (κ1) is 11.5. The standard InChI is InChI=1S/C12H10ClN3O/c1-2-5-10(17)16-12-11(13)14-8-6-3-4-7-9(8)15-12/h2-4,6-7H,1,5H2,(H,15,16,17). The van der Waals surface area contributed by atoms with Gasteiger partial charge in [0, 0.05) is 6.42 Å². The van der Waals surface area contributed by atoms with Crippen LogP contribution in [-0.4, -0.2) is 15.9 Å². The van der Waals surface area contributed by atoms with Crippen LogP contribution in [0.3, 0.4) is 0 Å². The number of halogens is 1. The van der Waals surface area contributed by atoms with Gasteiger partial charge in [0.1, 0.15) is 0 Å². The molecule has 2 aromatic rings. The molecular weight excluding hydrogens is 238 g/mol. The Balaban J connectivity index is 2.37. The number of benzene rings is 1. The lowest BCUT2D eigenvalue weighted by Gasteiger charge is -2.05. The summed E-state index contributed by atoms with van der Waals surface area (Å²) in [6.45, 7) is 3.48. The van der Waals surface area contributed by atoms with Crippen LogP contribution in [0.2, 0.25) is 5.15 Å². The van der Waals surface area contributed by atoms with E-state index in [4.69, 9.17) is 11.6 Å². The van der Waals surface area contributed by atoms with E-state index in [1.165, 1.54) is 6.08 Å². The molecule has 0 aliphatic heterocycles. The molecule has 0 aliphatic carbocycles. The highest BCUT2D eigenvalue weighted by atomic mass is 35.5. The number of hydrogen-bond acceptors (Lipinski definition) is 3. The molecule has 1 aromatic heterocycles. The second-order valence-electron chi connectivity index (χ2n) is 3.39. The highest BCUT2D eigenvalue weighted by molar-refractivity contribution is 6.32. The Morgan fingerprint density at radius 3 is 2.65 bits per heavy atom. The summed E-state index contributed by atoms with van der Waals surface area (Å²) >= 11 is 5.93. The van der Waals surface area contributed by atoms with Crippen molar-refractivity contribution in [1.82, 2.24) is 9.97 Å². The molecule has 0 saturated carbocycles. The van der Waals surface area contributed by atoms with Crippen molar-refractivity contribution >= 4 is 34.4 Å². The van der Waals surface area contributed by atoms with Crippen LogP contribution in [0.1, 0.15) is 6.42 Å². The monoisotopic (exact) mass is 247 g/mol. The van der Waals surface area contributed by atoms with E-state index in [0.29, 0.717) is 11.0 Å². The summed E-state index contributed by atoms with van der Waals surface area (Å²) in [4.78, 5) is 19.8. The molecule has 2 rings (SSSR count). The Bertz CT molecular complexity index is 583. The summed E-state index contributed by atoms with van der Waals surface area (Å²) in [5.74, 6) is 0.0590. The van der Waals surface area contributed by atoms with E-state index in [0.717, 1.165) is 0 Å². The molecule has 0 unspecified atom stereocenters. The predicted molar refractivity (Wildman–Crippen MR) is 68.0 cm³/mol. The largest absolute Gasteiger partial charge is 0.308 e. The highest BCUT2D eigenvalue weighted by Gasteiger charge is 2.08. The van der Waals surface area contributed by atoms with E-state index in [2.05, 4.69) is 21.9 Å². The fourth-order valence-corrected chi connectivity index (χ4v) is 1.55. The number of fused-ring (bicyclic) bond motifs is 1. The van der Waals surface area contributed by atoms with Gasteiger partial charge in [-0.15, -0.1) is 6.58 Å². The first-order valence-electron chi connectivity index (χ1n) is 5.03. The van der Waals surface area contributed by atoms with Gasteiger partial charge in [-0.1, -0.05) is 29.8 Å². The molecule has 1 N–H and O–H groups in total. The minimum atomic E-state index is -0.216. The third-order valence-corrected chi connectivity index (χ3v) is 2.38. The molecule has 0 atom stereocenters. The van der Waals surface area contributed by atoms with Crippen molar-refractivity contribution in [3.8, 4) is 0 Å². The minimum Gasteiger partial charge on any atom is -0.308 e. The molecule has 1 heterocycles. The van der Waals surface area contributed by atoms with Crippen LogP contribution in [0.25, 0.3) is 11.0 Å². The first-order chi connectivity index (χ1) is 8.20. The zero-order chi connectivity index (χ0) is 12.3. The van der Waals surface area contributed by atoms with E-state index in [-0.39, 0.29) is 23.3 Å². The van der Waals surface area contributed by atoms with E-state index < -0.39 is 0 Å². The second-order valence-corrected chi connectivity index (χ2v) is 3.75. The van der Waals surface area contributed by atoms with Crippen molar-refractivity contribution < 1.29 is 4.79 Å². The molecule has 1 amide bonds. The summed E-state index contributed by atoms with van der Waals surface area (Å²) in [5.41, 5.74) is 1.38. The molecule has 0 spiro atoms. The molecule has 0 saturated heterocycles. The van der Waals surface area contributed by atoms with Crippen LogP contribution >= 0.6 is 11.6 Å². The molecule has 1 aromatic carbocycles. The summed E-state index contributed by atoms with van der Waals surface area (Å²) in [5, 5.41) is 2.77. The number of carbonyl (C=O) groups excluding carboxylic acids is 1. The van der Waals surface area contributed by atoms with E-state index in [1.807, 2.05) is 24.3 Å². The van der Waals surface area contributed by atoms with E-state index >= 15 is 0 Å². The Kier molecular flexibility index (Phi) is 3.35. The van der Waals surface area contributed by atoms with Gasteiger partial charge in [-0.25, -0.2) is 9.97 Å². The Morgan fingerprint density at radius 1 is 1.35 bits per heavy atom. The highest BCUT2D eigenvalue weighted by Crippen LogP contribution is 2.20. The molecule has 17 heavy (non-hydrogen) atoms. The number of anilines is 1. The molecule has 0 radical (unpaired) electrons.